The van der Waals surface area contributed by atoms with E-state index in [0.717, 1.165) is 16.7 Å². The lowest BCUT2D eigenvalue weighted by molar-refractivity contribution is 0.0729. The van der Waals surface area contributed by atoms with E-state index in [4.69, 9.17) is 4.74 Å². The van der Waals surface area contributed by atoms with Crippen molar-refractivity contribution in [3.63, 3.8) is 0 Å². The van der Waals surface area contributed by atoms with Crippen LogP contribution in [0.15, 0.2) is 53.5 Å². The van der Waals surface area contributed by atoms with Crippen LogP contribution in [0.3, 0.4) is 0 Å². The summed E-state index contributed by atoms with van der Waals surface area (Å²) in [5.74, 6) is 0.307. The Morgan fingerprint density at radius 3 is 2.50 bits per heavy atom. The molecule has 0 radical (unpaired) electrons. The summed E-state index contributed by atoms with van der Waals surface area (Å²) in [6.45, 7) is 2.68. The zero-order valence-corrected chi connectivity index (χ0v) is 21.2. The number of nitrogens with one attached hydrogen (secondary N) is 2. The van der Waals surface area contributed by atoms with Crippen molar-refractivity contribution in [1.82, 2.24) is 14.9 Å². The van der Waals surface area contributed by atoms with E-state index in [0.29, 0.717) is 51.8 Å². The fourth-order valence-electron chi connectivity index (χ4n) is 3.40. The van der Waals surface area contributed by atoms with Crippen LogP contribution < -0.4 is 10.6 Å². The smallest absolute Gasteiger partial charge is 0.218 e. The Bertz CT molecular complexity index is 998. The number of nitrogens with zero attached hydrogens (tertiary/aromatic N) is 2. The monoisotopic (exact) mass is 576 g/mol. The highest BCUT2D eigenvalue weighted by Gasteiger charge is 2.25. The maximum Gasteiger partial charge on any atom is 0.218 e. The van der Waals surface area contributed by atoms with Gasteiger partial charge < -0.3 is 15.4 Å². The van der Waals surface area contributed by atoms with Gasteiger partial charge in [-0.3, -0.25) is 4.99 Å². The third-order valence-corrected chi connectivity index (χ3v) is 6.91. The van der Waals surface area contributed by atoms with Crippen LogP contribution in [0.25, 0.3) is 0 Å². The van der Waals surface area contributed by atoms with Gasteiger partial charge in [0, 0.05) is 33.2 Å². The van der Waals surface area contributed by atoms with Gasteiger partial charge in [0.25, 0.3) is 0 Å². The molecule has 0 unspecified atom stereocenters. The van der Waals surface area contributed by atoms with E-state index < -0.39 is 10.0 Å². The Hall–Kier alpha value is -1.76. The highest BCUT2D eigenvalue weighted by Crippen LogP contribution is 2.16. The first-order chi connectivity index (χ1) is 15.0. The number of halogens is 2. The average Bonchev–Trinajstić information content (AvgIpc) is 2.77. The molecule has 1 aliphatic heterocycles. The number of rotatable bonds is 8. The molecule has 0 saturated carbocycles. The van der Waals surface area contributed by atoms with E-state index >= 15 is 0 Å². The molecule has 1 fully saturated rings. The van der Waals surface area contributed by atoms with Crippen molar-refractivity contribution in [2.75, 3.05) is 39.9 Å². The molecule has 2 aromatic rings. The van der Waals surface area contributed by atoms with Crippen molar-refractivity contribution >= 4 is 40.0 Å². The lowest BCUT2D eigenvalue weighted by Gasteiger charge is -2.26. The van der Waals surface area contributed by atoms with Crippen molar-refractivity contribution in [1.29, 1.82) is 0 Å². The van der Waals surface area contributed by atoms with E-state index in [1.165, 1.54) is 16.4 Å². The number of sulfonamides is 1. The Morgan fingerprint density at radius 2 is 1.81 bits per heavy atom. The summed E-state index contributed by atoms with van der Waals surface area (Å²) < 4.78 is 45.6. The maximum atomic E-state index is 13.3. The molecule has 2 N–H and O–H groups in total. The van der Waals surface area contributed by atoms with Crippen molar-refractivity contribution in [2.24, 2.45) is 4.99 Å². The molecule has 10 heteroatoms. The Labute approximate surface area is 206 Å². The van der Waals surface area contributed by atoms with Crippen molar-refractivity contribution in [2.45, 2.75) is 18.7 Å². The van der Waals surface area contributed by atoms with E-state index in [1.54, 1.807) is 13.1 Å². The van der Waals surface area contributed by atoms with Gasteiger partial charge in [-0.2, -0.15) is 4.31 Å². The topological polar surface area (TPSA) is 83.0 Å². The third-order valence-electron chi connectivity index (χ3n) is 5.08. The minimum Gasteiger partial charge on any atom is -0.379 e. The molecule has 0 bridgehead atoms. The summed E-state index contributed by atoms with van der Waals surface area (Å²) in [7, 11) is -1.73. The average molecular weight is 576 g/mol. The Balaban J connectivity index is 0.00000363. The predicted octanol–water partition coefficient (Wildman–Crippen LogP) is 2.51. The van der Waals surface area contributed by atoms with Gasteiger partial charge in [0.05, 0.1) is 19.0 Å². The van der Waals surface area contributed by atoms with Crippen LogP contribution in [0.2, 0.25) is 0 Å². The Kier molecular flexibility index (Phi) is 10.8. The highest BCUT2D eigenvalue weighted by molar-refractivity contribution is 14.0. The number of morpholine rings is 1. The van der Waals surface area contributed by atoms with Gasteiger partial charge >= 0.3 is 0 Å². The van der Waals surface area contributed by atoms with Crippen LogP contribution in [-0.2, 0) is 33.5 Å². The van der Waals surface area contributed by atoms with Gasteiger partial charge in [0.2, 0.25) is 10.0 Å². The molecule has 0 aliphatic carbocycles. The number of guanidine groups is 1. The number of hydrogen-bond acceptors (Lipinski definition) is 4. The minimum absolute atomic E-state index is 0. The fourth-order valence-corrected chi connectivity index (χ4v) is 4.96. The first-order valence-corrected chi connectivity index (χ1v) is 11.9. The molecule has 32 heavy (non-hydrogen) atoms. The molecular weight excluding hydrogens is 546 g/mol. The molecule has 0 spiro atoms. The van der Waals surface area contributed by atoms with Gasteiger partial charge in [0.1, 0.15) is 5.82 Å². The summed E-state index contributed by atoms with van der Waals surface area (Å²) in [4.78, 5) is 4.21. The van der Waals surface area contributed by atoms with Crippen LogP contribution in [0.4, 0.5) is 4.39 Å². The lowest BCUT2D eigenvalue weighted by atomic mass is 10.1. The summed E-state index contributed by atoms with van der Waals surface area (Å²) in [6.07, 6.45) is 0.660. The second kappa shape index (κ2) is 13.1. The largest absolute Gasteiger partial charge is 0.379 e. The van der Waals surface area contributed by atoms with Crippen molar-refractivity contribution in [3.05, 3.63) is 71.0 Å². The molecule has 0 atom stereocenters. The molecule has 1 aliphatic rings. The molecule has 7 nitrogen and oxygen atoms in total. The minimum atomic E-state index is -3.40. The number of benzene rings is 2. The van der Waals surface area contributed by atoms with Gasteiger partial charge in [-0.25, -0.2) is 12.8 Å². The van der Waals surface area contributed by atoms with E-state index in [1.807, 2.05) is 30.3 Å². The SMILES string of the molecule is CN=C(NCCc1cccc(F)c1)NCc1ccccc1CS(=O)(=O)N1CCOCC1.I. The third kappa shape index (κ3) is 7.98. The second-order valence-electron chi connectivity index (χ2n) is 7.27. The normalized spacial score (nSPS) is 15.1. The number of ether oxygens (including phenoxy) is 1. The second-order valence-corrected chi connectivity index (χ2v) is 9.24. The maximum absolute atomic E-state index is 13.3. The molecule has 1 heterocycles. The molecular formula is C22H30FIN4O3S. The molecule has 2 aromatic carbocycles. The van der Waals surface area contributed by atoms with Gasteiger partial charge in [0.15, 0.2) is 5.96 Å². The number of hydrogen-bond donors (Lipinski definition) is 2. The summed E-state index contributed by atoms with van der Waals surface area (Å²) >= 11 is 0. The van der Waals surface area contributed by atoms with Crippen LogP contribution in [0.1, 0.15) is 16.7 Å². The summed E-state index contributed by atoms with van der Waals surface area (Å²) in [5.41, 5.74) is 2.56. The van der Waals surface area contributed by atoms with E-state index in [-0.39, 0.29) is 35.5 Å². The standard InChI is InChI=1S/C22H29FN4O3S.HI/c1-24-22(25-10-9-18-5-4-8-21(23)15-18)26-16-19-6-2-3-7-20(19)17-31(28,29)27-11-13-30-14-12-27;/h2-8,15H,9-14,16-17H2,1H3,(H2,24,25,26);1H. The van der Waals surface area contributed by atoms with Gasteiger partial charge in [-0.1, -0.05) is 36.4 Å². The summed E-state index contributed by atoms with van der Waals surface area (Å²) in [6, 6.07) is 14.0. The molecule has 3 rings (SSSR count). The molecule has 176 valence electrons. The van der Waals surface area contributed by atoms with Crippen LogP contribution in [-0.4, -0.2) is 58.6 Å². The van der Waals surface area contributed by atoms with E-state index in [9.17, 15) is 12.8 Å². The van der Waals surface area contributed by atoms with Crippen molar-refractivity contribution < 1.29 is 17.5 Å². The van der Waals surface area contributed by atoms with E-state index in [2.05, 4.69) is 15.6 Å². The van der Waals surface area contributed by atoms with Gasteiger partial charge in [-0.15, -0.1) is 24.0 Å². The summed E-state index contributed by atoms with van der Waals surface area (Å²) in [5, 5.41) is 6.43. The number of aliphatic imine (C=N–C) groups is 1. The molecule has 0 amide bonds. The van der Waals surface area contributed by atoms with Crippen LogP contribution in [0.5, 0.6) is 0 Å². The highest BCUT2D eigenvalue weighted by atomic mass is 127. The quantitative estimate of drug-likeness (QED) is 0.287. The lowest BCUT2D eigenvalue weighted by Crippen LogP contribution is -2.41. The molecule has 0 aromatic heterocycles. The van der Waals surface area contributed by atoms with Crippen molar-refractivity contribution in [3.8, 4) is 0 Å². The first-order valence-electron chi connectivity index (χ1n) is 10.3. The zero-order valence-electron chi connectivity index (χ0n) is 18.1. The Morgan fingerprint density at radius 1 is 1.09 bits per heavy atom. The fraction of sp³-hybridized carbons (Fsp3) is 0.409. The zero-order chi connectivity index (χ0) is 22.1. The van der Waals surface area contributed by atoms with Gasteiger partial charge in [-0.05, 0) is 35.2 Å². The van der Waals surface area contributed by atoms with Crippen LogP contribution in [0, 0.1) is 5.82 Å². The first kappa shape index (κ1) is 26.5. The molecule has 1 saturated heterocycles. The van der Waals surface area contributed by atoms with Crippen LogP contribution >= 0.6 is 24.0 Å². The predicted molar refractivity (Wildman–Crippen MR) is 135 cm³/mol.